The van der Waals surface area contributed by atoms with Gasteiger partial charge in [-0.2, -0.15) is 0 Å². The van der Waals surface area contributed by atoms with Crippen LogP contribution in [0.4, 0.5) is 5.69 Å². The van der Waals surface area contributed by atoms with E-state index in [-0.39, 0.29) is 18.2 Å². The van der Waals surface area contributed by atoms with Gasteiger partial charge in [0.05, 0.1) is 11.5 Å². The smallest absolute Gasteiger partial charge is 0.260 e. The molecule has 0 aliphatic carbocycles. The summed E-state index contributed by atoms with van der Waals surface area (Å²) in [7, 11) is 0. The number of halogens is 1. The van der Waals surface area contributed by atoms with Crippen molar-refractivity contribution in [1.29, 1.82) is 0 Å². The highest BCUT2D eigenvalue weighted by atomic mass is 79.9. The van der Waals surface area contributed by atoms with E-state index < -0.39 is 0 Å². The fourth-order valence-electron chi connectivity index (χ4n) is 3.93. The Hall–Kier alpha value is -3.30. The van der Waals surface area contributed by atoms with Gasteiger partial charge in [0.1, 0.15) is 6.61 Å². The van der Waals surface area contributed by atoms with Crippen LogP contribution in [0.2, 0.25) is 0 Å². The summed E-state index contributed by atoms with van der Waals surface area (Å²) >= 11 is 5.08. The first-order valence-electron chi connectivity index (χ1n) is 12.0. The average molecular weight is 584 g/mol. The molecule has 1 fully saturated rings. The second-order valence-corrected chi connectivity index (χ2v) is 10.4. The number of hydrogen-bond acceptors (Lipinski definition) is 7. The molecule has 1 saturated heterocycles. The van der Waals surface area contributed by atoms with E-state index in [0.29, 0.717) is 35.4 Å². The van der Waals surface area contributed by atoms with Crippen molar-refractivity contribution in [1.82, 2.24) is 5.32 Å². The van der Waals surface area contributed by atoms with Crippen molar-refractivity contribution < 1.29 is 23.7 Å². The van der Waals surface area contributed by atoms with Gasteiger partial charge in [-0.15, -0.1) is 0 Å². The van der Waals surface area contributed by atoms with E-state index in [1.54, 1.807) is 0 Å². The van der Waals surface area contributed by atoms with Crippen molar-refractivity contribution in [2.75, 3.05) is 18.7 Å². The zero-order valence-corrected chi connectivity index (χ0v) is 22.9. The maximum atomic E-state index is 12.7. The topological polar surface area (TPSA) is 78.1 Å². The van der Waals surface area contributed by atoms with Crippen LogP contribution in [-0.2, 0) is 17.8 Å². The number of ether oxygens (including phenoxy) is 4. The lowest BCUT2D eigenvalue weighted by Crippen LogP contribution is -2.30. The molecule has 5 rings (SSSR count). The molecule has 0 aromatic heterocycles. The third kappa shape index (κ3) is 5.99. The number of carbonyl (C=O) groups is 1. The Balaban J connectivity index is 1.30. The predicted molar refractivity (Wildman–Crippen MR) is 149 cm³/mol. The molecular formula is C28H27BrN2O5S. The van der Waals surface area contributed by atoms with Crippen LogP contribution in [-0.4, -0.2) is 24.8 Å². The average Bonchev–Trinajstić information content (AvgIpc) is 3.51. The fraction of sp³-hybridized carbons (Fsp3) is 0.250. The lowest BCUT2D eigenvalue weighted by Gasteiger charge is -2.14. The number of fused-ring (bicyclic) bond motifs is 1. The molecule has 37 heavy (non-hydrogen) atoms. The van der Waals surface area contributed by atoms with Gasteiger partial charge in [-0.3, -0.25) is 4.79 Å². The molecule has 1 atom stereocenters. The zero-order chi connectivity index (χ0) is 25.8. The minimum absolute atomic E-state index is 0.124. The number of thioether (sulfide) groups is 1. The minimum Gasteiger partial charge on any atom is -0.490 e. The molecule has 2 aliphatic rings. The number of amides is 1. The number of aryl methyl sites for hydroxylation is 1. The molecule has 7 nitrogen and oxygen atoms in total. The maximum Gasteiger partial charge on any atom is 0.260 e. The highest BCUT2D eigenvalue weighted by molar-refractivity contribution is 9.10. The number of rotatable bonds is 9. The Morgan fingerprint density at radius 2 is 1.78 bits per heavy atom. The van der Waals surface area contributed by atoms with Crippen LogP contribution >= 0.6 is 27.7 Å². The van der Waals surface area contributed by atoms with Crippen molar-refractivity contribution in [2.45, 2.75) is 32.4 Å². The van der Waals surface area contributed by atoms with E-state index >= 15 is 0 Å². The minimum atomic E-state index is -0.249. The van der Waals surface area contributed by atoms with E-state index in [9.17, 15) is 4.79 Å². The molecule has 0 saturated carbocycles. The summed E-state index contributed by atoms with van der Waals surface area (Å²) in [5.74, 6) is 2.53. The molecule has 2 N–H and O–H groups in total. The SMILES string of the molecule is CCOc1cc(/C=C2\S[C@@H](Nc3ccc(CC)cc3)NC2=O)c(Br)cc1OCc1ccc2c(c1)OCO2. The van der Waals surface area contributed by atoms with Crippen LogP contribution in [0, 0.1) is 0 Å². The first-order valence-corrected chi connectivity index (χ1v) is 13.7. The van der Waals surface area contributed by atoms with Gasteiger partial charge >= 0.3 is 0 Å². The molecule has 9 heteroatoms. The Labute approximate surface area is 228 Å². The Morgan fingerprint density at radius 3 is 2.57 bits per heavy atom. The van der Waals surface area contributed by atoms with Crippen LogP contribution in [0.25, 0.3) is 6.08 Å². The van der Waals surface area contributed by atoms with Gasteiger partial charge in [0.15, 0.2) is 28.5 Å². The summed E-state index contributed by atoms with van der Waals surface area (Å²) in [6.07, 6.45) is 2.85. The molecule has 192 valence electrons. The normalized spacial score (nSPS) is 17.1. The Bertz CT molecular complexity index is 1330. The van der Waals surface area contributed by atoms with Gasteiger partial charge in [0.25, 0.3) is 5.91 Å². The largest absolute Gasteiger partial charge is 0.490 e. The quantitative estimate of drug-likeness (QED) is 0.286. The Morgan fingerprint density at radius 1 is 1.03 bits per heavy atom. The third-order valence-corrected chi connectivity index (χ3v) is 7.59. The summed E-state index contributed by atoms with van der Waals surface area (Å²) in [5, 5.41) is 6.34. The van der Waals surface area contributed by atoms with E-state index in [0.717, 1.165) is 33.5 Å². The molecule has 3 aromatic rings. The number of carbonyl (C=O) groups excluding carboxylic acids is 1. The molecule has 0 spiro atoms. The number of benzene rings is 3. The number of hydrogen-bond donors (Lipinski definition) is 2. The molecular weight excluding hydrogens is 556 g/mol. The summed E-state index contributed by atoms with van der Waals surface area (Å²) in [6.45, 7) is 5.10. The standard InChI is InChI=1S/C28H27BrN2O5S/c1-3-17-5-8-20(9-6-17)30-28-31-27(32)26(37-28)13-19-12-24(33-4-2)25(14-21(19)29)34-15-18-7-10-22-23(11-18)36-16-35-22/h5-14,28,30H,3-4,15-16H2,1-2H3,(H,31,32)/b26-13-/t28-/m0/s1. The van der Waals surface area contributed by atoms with Gasteiger partial charge in [-0.05, 0) is 72.5 Å². The highest BCUT2D eigenvalue weighted by Gasteiger charge is 2.27. The maximum absolute atomic E-state index is 12.7. The van der Waals surface area contributed by atoms with Gasteiger partial charge in [-0.1, -0.05) is 52.8 Å². The van der Waals surface area contributed by atoms with E-state index in [2.05, 4.69) is 45.6 Å². The van der Waals surface area contributed by atoms with Crippen molar-refractivity contribution in [3.63, 3.8) is 0 Å². The van der Waals surface area contributed by atoms with Crippen LogP contribution < -0.4 is 29.6 Å². The monoisotopic (exact) mass is 582 g/mol. The number of anilines is 1. The van der Waals surface area contributed by atoms with Gasteiger partial charge < -0.3 is 29.6 Å². The Kier molecular flexibility index (Phi) is 7.81. The predicted octanol–water partition coefficient (Wildman–Crippen LogP) is 6.32. The lowest BCUT2D eigenvalue weighted by atomic mass is 10.1. The van der Waals surface area contributed by atoms with Crippen LogP contribution in [0.5, 0.6) is 23.0 Å². The molecule has 0 radical (unpaired) electrons. The fourth-order valence-corrected chi connectivity index (χ4v) is 5.34. The molecule has 3 aromatic carbocycles. The third-order valence-electron chi connectivity index (χ3n) is 5.87. The summed E-state index contributed by atoms with van der Waals surface area (Å²) < 4.78 is 23.6. The van der Waals surface area contributed by atoms with Crippen LogP contribution in [0.15, 0.2) is 64.0 Å². The van der Waals surface area contributed by atoms with Gasteiger partial charge in [0, 0.05) is 10.2 Å². The van der Waals surface area contributed by atoms with Crippen molar-refractivity contribution in [2.24, 2.45) is 0 Å². The van der Waals surface area contributed by atoms with Crippen molar-refractivity contribution in [3.8, 4) is 23.0 Å². The molecule has 0 bridgehead atoms. The summed E-state index contributed by atoms with van der Waals surface area (Å²) in [5.41, 5.74) is 3.76. The van der Waals surface area contributed by atoms with Crippen LogP contribution in [0.3, 0.4) is 0 Å². The molecule has 2 heterocycles. The summed E-state index contributed by atoms with van der Waals surface area (Å²) in [4.78, 5) is 13.3. The van der Waals surface area contributed by atoms with Gasteiger partial charge in [0.2, 0.25) is 6.79 Å². The van der Waals surface area contributed by atoms with E-state index in [4.69, 9.17) is 18.9 Å². The summed E-state index contributed by atoms with van der Waals surface area (Å²) in [6, 6.07) is 17.7. The van der Waals surface area contributed by atoms with E-state index in [1.165, 1.54) is 17.3 Å². The van der Waals surface area contributed by atoms with E-state index in [1.807, 2.05) is 55.5 Å². The van der Waals surface area contributed by atoms with Crippen LogP contribution in [0.1, 0.15) is 30.5 Å². The molecule has 2 aliphatic heterocycles. The first-order chi connectivity index (χ1) is 18.0. The van der Waals surface area contributed by atoms with Gasteiger partial charge in [-0.25, -0.2) is 0 Å². The second kappa shape index (κ2) is 11.4. The second-order valence-electron chi connectivity index (χ2n) is 8.40. The van der Waals surface area contributed by atoms with Crippen molar-refractivity contribution in [3.05, 3.63) is 80.7 Å². The highest BCUT2D eigenvalue weighted by Crippen LogP contribution is 2.38. The lowest BCUT2D eigenvalue weighted by molar-refractivity contribution is -0.116. The number of nitrogens with one attached hydrogen (secondary N) is 2. The molecule has 0 unspecified atom stereocenters. The zero-order valence-electron chi connectivity index (χ0n) is 20.5. The first kappa shape index (κ1) is 25.4. The van der Waals surface area contributed by atoms with Crippen molar-refractivity contribution >= 4 is 45.4 Å². The molecule has 1 amide bonds.